The number of likely N-dealkylation sites (tertiary alicyclic amines) is 1. The Morgan fingerprint density at radius 3 is 2.85 bits per heavy atom. The molecule has 176 valence electrons. The molecule has 0 aliphatic carbocycles. The van der Waals surface area contributed by atoms with Gasteiger partial charge in [0.25, 0.3) is 0 Å². The van der Waals surface area contributed by atoms with Crippen LogP contribution in [0.1, 0.15) is 17.8 Å². The molecule has 1 atom stereocenters. The highest BCUT2D eigenvalue weighted by Crippen LogP contribution is 2.31. The predicted molar refractivity (Wildman–Crippen MR) is 125 cm³/mol. The van der Waals surface area contributed by atoms with Gasteiger partial charge in [-0.3, -0.25) is 14.5 Å². The average molecular weight is 475 g/mol. The summed E-state index contributed by atoms with van der Waals surface area (Å²) in [5.41, 5.74) is 4.00. The van der Waals surface area contributed by atoms with E-state index in [0.29, 0.717) is 30.8 Å². The smallest absolute Gasteiger partial charge is 0.216 e. The summed E-state index contributed by atoms with van der Waals surface area (Å²) >= 11 is 6.19. The molecular weight excluding hydrogens is 447 g/mol. The number of nitrogens with zero attached hydrogens (tertiary/aromatic N) is 6. The number of carbonyl (C=O) groups excluding carboxylic acids is 1. The van der Waals surface area contributed by atoms with Gasteiger partial charge in [-0.15, -0.1) is 0 Å². The Morgan fingerprint density at radius 1 is 1.30 bits per heavy atom. The van der Waals surface area contributed by atoms with Crippen LogP contribution in [0.2, 0.25) is 0 Å². The molecule has 2 aliphatic heterocycles. The van der Waals surface area contributed by atoms with Gasteiger partial charge < -0.3 is 14.5 Å². The van der Waals surface area contributed by atoms with Crippen LogP contribution in [0.15, 0.2) is 27.9 Å². The molecule has 0 radical (unpaired) electrons. The summed E-state index contributed by atoms with van der Waals surface area (Å²) in [5.74, 6) is -0.565. The van der Waals surface area contributed by atoms with Gasteiger partial charge in [-0.05, 0) is 33.5 Å². The molecular formula is C23H28ClFN6O2. The fraction of sp³-hybridized carbons (Fsp3) is 0.478. The number of pyridine rings is 1. The summed E-state index contributed by atoms with van der Waals surface area (Å²) < 4.78 is 22.5. The quantitative estimate of drug-likeness (QED) is 0.574. The number of carbonyl (C=O) groups is 1. The van der Waals surface area contributed by atoms with Gasteiger partial charge in [-0.2, -0.15) is 14.5 Å². The van der Waals surface area contributed by atoms with E-state index >= 15 is 0 Å². The lowest BCUT2D eigenvalue weighted by molar-refractivity contribution is -0.113. The van der Waals surface area contributed by atoms with E-state index in [0.717, 1.165) is 30.0 Å². The number of hydrogen-bond acceptors (Lipinski definition) is 7. The maximum absolute atomic E-state index is 14.5. The van der Waals surface area contributed by atoms with E-state index in [-0.39, 0.29) is 29.3 Å². The van der Waals surface area contributed by atoms with Gasteiger partial charge in [-0.1, -0.05) is 11.6 Å². The summed E-state index contributed by atoms with van der Waals surface area (Å²) in [6.07, 6.45) is 2.12. The fourth-order valence-electron chi connectivity index (χ4n) is 4.22. The lowest BCUT2D eigenvalue weighted by Gasteiger charge is -2.22. The lowest BCUT2D eigenvalue weighted by atomic mass is 10.1. The van der Waals surface area contributed by atoms with Crippen LogP contribution in [-0.4, -0.2) is 82.9 Å². The van der Waals surface area contributed by atoms with Crippen molar-refractivity contribution < 1.29 is 13.9 Å². The highest BCUT2D eigenvalue weighted by molar-refractivity contribution is 6.44. The predicted octanol–water partition coefficient (Wildman–Crippen LogP) is 2.82. The zero-order valence-electron chi connectivity index (χ0n) is 19.3. The Bertz CT molecular complexity index is 1130. The Hall–Kier alpha value is -2.78. The molecule has 1 fully saturated rings. The molecule has 10 heteroatoms. The number of aryl methyl sites for hydroxylation is 1. The highest BCUT2D eigenvalue weighted by Gasteiger charge is 2.29. The van der Waals surface area contributed by atoms with Crippen LogP contribution < -0.4 is 4.74 Å². The van der Waals surface area contributed by atoms with Crippen molar-refractivity contribution >= 4 is 23.6 Å². The first-order valence-corrected chi connectivity index (χ1v) is 11.3. The van der Waals surface area contributed by atoms with Crippen LogP contribution >= 0.6 is 11.6 Å². The molecule has 2 aliphatic rings. The minimum absolute atomic E-state index is 0.0800. The van der Waals surface area contributed by atoms with E-state index in [1.165, 1.54) is 6.07 Å². The van der Waals surface area contributed by atoms with E-state index in [2.05, 4.69) is 20.0 Å². The molecule has 2 aromatic rings. The first kappa shape index (κ1) is 23.4. The van der Waals surface area contributed by atoms with Crippen molar-refractivity contribution in [3.05, 3.63) is 40.2 Å². The zero-order chi connectivity index (χ0) is 23.7. The van der Waals surface area contributed by atoms with E-state index in [1.54, 1.807) is 12.3 Å². The Balaban J connectivity index is 1.52. The van der Waals surface area contributed by atoms with Gasteiger partial charge in [0.15, 0.2) is 5.78 Å². The van der Waals surface area contributed by atoms with Crippen molar-refractivity contribution in [2.24, 2.45) is 4.99 Å². The molecule has 0 unspecified atom stereocenters. The SMILES string of the molecule is Cc1nn(CCN(C)C)c(C)c1-c1cc(F)nc(O[C@@H]2CCN(C3=C(Cl)C(=O)CN=C3)C2)c1. The van der Waals surface area contributed by atoms with Crippen LogP contribution in [0.3, 0.4) is 0 Å². The molecule has 4 heterocycles. The van der Waals surface area contributed by atoms with Crippen molar-refractivity contribution in [1.29, 1.82) is 0 Å². The minimum atomic E-state index is -0.604. The van der Waals surface area contributed by atoms with Crippen LogP contribution in [0.5, 0.6) is 5.88 Å². The van der Waals surface area contributed by atoms with Crippen molar-refractivity contribution in [3.8, 4) is 17.0 Å². The number of allylic oxidation sites excluding steroid dienone is 1. The number of Topliss-reactive ketones (excluding diaryl/α,β-unsaturated/α-hetero) is 1. The largest absolute Gasteiger partial charge is 0.472 e. The standard InChI is InChI=1S/C23H28ClFN6O2/c1-14-22(15(2)31(28-14)8-7-29(3)4)16-9-20(25)27-21(10-16)33-17-5-6-30(13-17)18-11-26-12-19(32)23(18)24/h9-11,17H,5-8,12-13H2,1-4H3/t17-/m1/s1. The molecule has 4 rings (SSSR count). The number of hydrogen-bond donors (Lipinski definition) is 0. The summed E-state index contributed by atoms with van der Waals surface area (Å²) in [4.78, 5) is 23.9. The first-order valence-electron chi connectivity index (χ1n) is 10.9. The third-order valence-electron chi connectivity index (χ3n) is 5.89. The number of aliphatic imine (C=N–C) groups is 1. The van der Waals surface area contributed by atoms with E-state index in [4.69, 9.17) is 16.3 Å². The van der Waals surface area contributed by atoms with Gasteiger partial charge in [0.2, 0.25) is 11.8 Å². The molecule has 33 heavy (non-hydrogen) atoms. The summed E-state index contributed by atoms with van der Waals surface area (Å²) in [7, 11) is 4.03. The number of ether oxygens (including phenoxy) is 1. The molecule has 2 aromatic heterocycles. The van der Waals surface area contributed by atoms with Crippen LogP contribution in [0, 0.1) is 19.8 Å². The average Bonchev–Trinajstić information content (AvgIpc) is 3.31. The third-order valence-corrected chi connectivity index (χ3v) is 6.30. The minimum Gasteiger partial charge on any atom is -0.472 e. The lowest BCUT2D eigenvalue weighted by Crippen LogP contribution is -2.28. The Kier molecular flexibility index (Phi) is 6.81. The molecule has 0 saturated carbocycles. The second-order valence-corrected chi connectivity index (χ2v) is 9.03. The van der Waals surface area contributed by atoms with E-state index < -0.39 is 5.95 Å². The number of rotatable bonds is 7. The summed E-state index contributed by atoms with van der Waals surface area (Å²) in [6.45, 7) is 6.77. The number of aromatic nitrogens is 3. The maximum Gasteiger partial charge on any atom is 0.216 e. The maximum atomic E-state index is 14.5. The molecule has 8 nitrogen and oxygen atoms in total. The second-order valence-electron chi connectivity index (χ2n) is 8.66. The molecule has 0 N–H and O–H groups in total. The number of dihydropyridines is 1. The molecule has 0 bridgehead atoms. The molecule has 0 spiro atoms. The van der Waals surface area contributed by atoms with Gasteiger partial charge in [-0.25, -0.2) is 0 Å². The van der Waals surface area contributed by atoms with Crippen LogP contribution in [0.4, 0.5) is 4.39 Å². The number of likely N-dealkylation sites (N-methyl/N-ethyl adjacent to an activating group) is 1. The molecule has 0 amide bonds. The van der Waals surface area contributed by atoms with Crippen LogP contribution in [-0.2, 0) is 11.3 Å². The highest BCUT2D eigenvalue weighted by atomic mass is 35.5. The summed E-state index contributed by atoms with van der Waals surface area (Å²) in [6, 6.07) is 3.17. The Labute approximate surface area is 197 Å². The van der Waals surface area contributed by atoms with Crippen molar-refractivity contribution in [3.63, 3.8) is 0 Å². The van der Waals surface area contributed by atoms with Gasteiger partial charge in [0.1, 0.15) is 17.7 Å². The number of halogens is 2. The fourth-order valence-corrected chi connectivity index (χ4v) is 4.45. The van der Waals surface area contributed by atoms with Crippen molar-refractivity contribution in [2.75, 3.05) is 40.3 Å². The molecule has 1 saturated heterocycles. The molecule has 0 aromatic carbocycles. The van der Waals surface area contributed by atoms with Crippen LogP contribution in [0.25, 0.3) is 11.1 Å². The normalized spacial score (nSPS) is 18.7. The van der Waals surface area contributed by atoms with Gasteiger partial charge >= 0.3 is 0 Å². The third kappa shape index (κ3) is 5.09. The summed E-state index contributed by atoms with van der Waals surface area (Å²) in [5, 5.41) is 4.84. The van der Waals surface area contributed by atoms with Gasteiger partial charge in [0.05, 0.1) is 24.5 Å². The first-order chi connectivity index (χ1) is 15.7. The van der Waals surface area contributed by atoms with Gasteiger partial charge in [0, 0.05) is 49.1 Å². The monoisotopic (exact) mass is 474 g/mol. The van der Waals surface area contributed by atoms with Crippen molar-refractivity contribution in [1.82, 2.24) is 24.6 Å². The zero-order valence-corrected chi connectivity index (χ0v) is 20.1. The van der Waals surface area contributed by atoms with E-state index in [9.17, 15) is 9.18 Å². The number of ketones is 1. The van der Waals surface area contributed by atoms with Crippen molar-refractivity contribution in [2.45, 2.75) is 32.9 Å². The Morgan fingerprint density at radius 2 is 2.09 bits per heavy atom. The van der Waals surface area contributed by atoms with E-state index in [1.807, 2.05) is 37.5 Å². The topological polar surface area (TPSA) is 75.9 Å². The second kappa shape index (κ2) is 9.61.